The van der Waals surface area contributed by atoms with Crippen LogP contribution in [0.3, 0.4) is 0 Å². The molecule has 0 saturated heterocycles. The molecule has 1 saturated carbocycles. The van der Waals surface area contributed by atoms with Crippen molar-refractivity contribution in [1.82, 2.24) is 15.5 Å². The summed E-state index contributed by atoms with van der Waals surface area (Å²) in [6, 6.07) is 0.102. The molecule has 0 bridgehead atoms. The average molecular weight is 239 g/mol. The standard InChI is InChI=1S/C10H13N3O2S/c1-6(14)7-2-3-8(4-7)12-9(15)10-13-11-5-16-10/h5,7-8H,2-4H2,1H3,(H,12,15)/t7-,8-/m1/s1. The maximum absolute atomic E-state index is 11.7. The molecule has 1 amide bonds. The summed E-state index contributed by atoms with van der Waals surface area (Å²) in [5.74, 6) is 0.143. The van der Waals surface area contributed by atoms with E-state index in [9.17, 15) is 9.59 Å². The van der Waals surface area contributed by atoms with Crippen molar-refractivity contribution in [3.05, 3.63) is 10.5 Å². The van der Waals surface area contributed by atoms with Gasteiger partial charge in [0, 0.05) is 12.0 Å². The Morgan fingerprint density at radius 2 is 2.31 bits per heavy atom. The molecule has 5 nitrogen and oxygen atoms in total. The van der Waals surface area contributed by atoms with Crippen molar-refractivity contribution in [2.75, 3.05) is 0 Å². The second-order valence-electron chi connectivity index (χ2n) is 4.03. The first-order valence-corrected chi connectivity index (χ1v) is 6.12. The Hall–Kier alpha value is -1.30. The first-order valence-electron chi connectivity index (χ1n) is 5.24. The van der Waals surface area contributed by atoms with Crippen molar-refractivity contribution in [3.63, 3.8) is 0 Å². The van der Waals surface area contributed by atoms with Crippen LogP contribution < -0.4 is 5.32 Å². The number of nitrogens with one attached hydrogen (secondary N) is 1. The summed E-state index contributed by atoms with van der Waals surface area (Å²) in [4.78, 5) is 22.8. The first kappa shape index (κ1) is 11.2. The van der Waals surface area contributed by atoms with Crippen LogP contribution in [-0.4, -0.2) is 27.9 Å². The predicted molar refractivity (Wildman–Crippen MR) is 59.2 cm³/mol. The van der Waals surface area contributed by atoms with Crippen LogP contribution in [0, 0.1) is 5.92 Å². The fourth-order valence-corrected chi connectivity index (χ4v) is 2.46. The summed E-state index contributed by atoms with van der Waals surface area (Å²) in [5.41, 5.74) is 1.53. The van der Waals surface area contributed by atoms with E-state index in [1.165, 1.54) is 16.8 Å². The molecule has 2 rings (SSSR count). The molecule has 1 aromatic heterocycles. The Bertz CT molecular complexity index is 391. The van der Waals surface area contributed by atoms with Crippen LogP contribution in [0.1, 0.15) is 36.0 Å². The molecule has 0 aliphatic heterocycles. The number of amides is 1. The van der Waals surface area contributed by atoms with Gasteiger partial charge in [0.15, 0.2) is 0 Å². The number of hydrogen-bond acceptors (Lipinski definition) is 5. The predicted octanol–water partition coefficient (Wildman–Crippen LogP) is 1.03. The topological polar surface area (TPSA) is 72.0 Å². The van der Waals surface area contributed by atoms with Gasteiger partial charge >= 0.3 is 0 Å². The summed E-state index contributed by atoms with van der Waals surface area (Å²) < 4.78 is 0. The molecule has 1 fully saturated rings. The molecule has 1 aliphatic rings. The third-order valence-electron chi connectivity index (χ3n) is 2.90. The molecule has 1 aromatic rings. The van der Waals surface area contributed by atoms with E-state index in [-0.39, 0.29) is 23.7 Å². The highest BCUT2D eigenvalue weighted by Crippen LogP contribution is 2.26. The lowest BCUT2D eigenvalue weighted by molar-refractivity contribution is -0.120. The van der Waals surface area contributed by atoms with Crippen molar-refractivity contribution in [2.24, 2.45) is 5.92 Å². The molecule has 1 aliphatic carbocycles. The fraction of sp³-hybridized carbons (Fsp3) is 0.600. The molecule has 0 radical (unpaired) electrons. The van der Waals surface area contributed by atoms with Gasteiger partial charge in [0.05, 0.1) is 0 Å². The Labute approximate surface area is 97.3 Å². The second kappa shape index (κ2) is 4.69. The summed E-state index contributed by atoms with van der Waals surface area (Å²) in [6.45, 7) is 1.61. The Kier molecular flexibility index (Phi) is 3.28. The zero-order valence-electron chi connectivity index (χ0n) is 8.97. The monoisotopic (exact) mass is 239 g/mol. The third kappa shape index (κ3) is 2.44. The van der Waals surface area contributed by atoms with Gasteiger partial charge in [0.25, 0.3) is 5.91 Å². The van der Waals surface area contributed by atoms with Crippen LogP contribution in [0.4, 0.5) is 0 Å². The quantitative estimate of drug-likeness (QED) is 0.855. The average Bonchev–Trinajstić information content (AvgIpc) is 2.87. The van der Waals surface area contributed by atoms with Crippen molar-refractivity contribution in [2.45, 2.75) is 32.2 Å². The SMILES string of the molecule is CC(=O)[C@@H]1CC[C@@H](NC(=O)c2nncs2)C1. The summed E-state index contributed by atoms with van der Waals surface area (Å²) >= 11 is 1.22. The van der Waals surface area contributed by atoms with Gasteiger partial charge in [-0.2, -0.15) is 0 Å². The van der Waals surface area contributed by atoms with Crippen LogP contribution in [0.15, 0.2) is 5.51 Å². The number of ketones is 1. The molecule has 0 spiro atoms. The molecular formula is C10H13N3O2S. The van der Waals surface area contributed by atoms with Gasteiger partial charge in [0.1, 0.15) is 11.3 Å². The van der Waals surface area contributed by atoms with Gasteiger partial charge in [0.2, 0.25) is 5.01 Å². The number of hydrogen-bond donors (Lipinski definition) is 1. The van der Waals surface area contributed by atoms with E-state index < -0.39 is 0 Å². The van der Waals surface area contributed by atoms with Crippen molar-refractivity contribution < 1.29 is 9.59 Å². The Morgan fingerprint density at radius 1 is 1.50 bits per heavy atom. The largest absolute Gasteiger partial charge is 0.347 e. The molecule has 1 N–H and O–H groups in total. The summed E-state index contributed by atoms with van der Waals surface area (Å²) in [6.07, 6.45) is 2.49. The molecule has 1 heterocycles. The molecule has 0 aromatic carbocycles. The fourth-order valence-electron chi connectivity index (χ4n) is 2.00. The lowest BCUT2D eigenvalue weighted by Gasteiger charge is -2.10. The lowest BCUT2D eigenvalue weighted by atomic mass is 10.0. The number of nitrogens with zero attached hydrogens (tertiary/aromatic N) is 2. The molecule has 0 unspecified atom stereocenters. The maximum Gasteiger partial charge on any atom is 0.282 e. The molecule has 2 atom stereocenters. The van der Waals surface area contributed by atoms with Gasteiger partial charge in [-0.25, -0.2) is 0 Å². The normalized spacial score (nSPS) is 24.3. The van der Waals surface area contributed by atoms with Crippen LogP contribution in [0.5, 0.6) is 0 Å². The Balaban J connectivity index is 1.88. The lowest BCUT2D eigenvalue weighted by Crippen LogP contribution is -2.33. The number of rotatable bonds is 3. The zero-order valence-corrected chi connectivity index (χ0v) is 9.79. The van der Waals surface area contributed by atoms with Crippen molar-refractivity contribution >= 4 is 23.0 Å². The smallest absolute Gasteiger partial charge is 0.282 e. The van der Waals surface area contributed by atoms with E-state index in [2.05, 4.69) is 15.5 Å². The van der Waals surface area contributed by atoms with E-state index in [0.29, 0.717) is 5.01 Å². The number of carbonyl (C=O) groups is 2. The van der Waals surface area contributed by atoms with Gasteiger partial charge in [-0.05, 0) is 26.2 Å². The van der Waals surface area contributed by atoms with Crippen molar-refractivity contribution in [3.8, 4) is 0 Å². The zero-order chi connectivity index (χ0) is 11.5. The van der Waals surface area contributed by atoms with Gasteiger partial charge in [-0.1, -0.05) is 11.3 Å². The van der Waals surface area contributed by atoms with Gasteiger partial charge in [-0.3, -0.25) is 9.59 Å². The van der Waals surface area contributed by atoms with Crippen molar-refractivity contribution in [1.29, 1.82) is 0 Å². The van der Waals surface area contributed by atoms with E-state index in [1.807, 2.05) is 0 Å². The molecule has 16 heavy (non-hydrogen) atoms. The highest BCUT2D eigenvalue weighted by molar-refractivity contribution is 7.11. The number of aromatic nitrogens is 2. The molecule has 86 valence electrons. The van der Waals surface area contributed by atoms with E-state index in [0.717, 1.165) is 19.3 Å². The van der Waals surface area contributed by atoms with Crippen LogP contribution in [0.2, 0.25) is 0 Å². The minimum absolute atomic E-state index is 0.102. The number of Topliss-reactive ketones (excluding diaryl/α,β-unsaturated/α-hetero) is 1. The highest BCUT2D eigenvalue weighted by Gasteiger charge is 2.29. The van der Waals surface area contributed by atoms with Crippen LogP contribution >= 0.6 is 11.3 Å². The van der Waals surface area contributed by atoms with Crippen LogP contribution in [0.25, 0.3) is 0 Å². The Morgan fingerprint density at radius 3 is 2.88 bits per heavy atom. The van der Waals surface area contributed by atoms with Gasteiger partial charge in [-0.15, -0.1) is 10.2 Å². The van der Waals surface area contributed by atoms with E-state index in [4.69, 9.17) is 0 Å². The summed E-state index contributed by atoms with van der Waals surface area (Å²) in [5, 5.41) is 10.6. The minimum Gasteiger partial charge on any atom is -0.347 e. The first-order chi connectivity index (χ1) is 7.66. The summed E-state index contributed by atoms with van der Waals surface area (Å²) in [7, 11) is 0. The highest BCUT2D eigenvalue weighted by atomic mass is 32.1. The number of carbonyl (C=O) groups excluding carboxylic acids is 2. The van der Waals surface area contributed by atoms with E-state index >= 15 is 0 Å². The van der Waals surface area contributed by atoms with Crippen LogP contribution in [-0.2, 0) is 4.79 Å². The molecular weight excluding hydrogens is 226 g/mol. The van der Waals surface area contributed by atoms with E-state index in [1.54, 1.807) is 6.92 Å². The minimum atomic E-state index is -0.184. The molecule has 6 heteroatoms. The second-order valence-corrected chi connectivity index (χ2v) is 4.87. The maximum atomic E-state index is 11.7. The van der Waals surface area contributed by atoms with Gasteiger partial charge < -0.3 is 5.32 Å². The third-order valence-corrected chi connectivity index (χ3v) is 3.59.